The highest BCUT2D eigenvalue weighted by Gasteiger charge is 2.08. The highest BCUT2D eigenvalue weighted by Crippen LogP contribution is 2.27. The summed E-state index contributed by atoms with van der Waals surface area (Å²) in [7, 11) is 0. The fraction of sp³-hybridized carbons (Fsp3) is 0.143. The molecule has 0 fully saturated rings. The average molecular weight is 215 g/mol. The Kier molecular flexibility index (Phi) is 3.02. The predicted molar refractivity (Wildman–Crippen MR) is 64.5 cm³/mol. The largest absolute Gasteiger partial charge is 0.326 e. The lowest BCUT2D eigenvalue weighted by Crippen LogP contribution is -1.99. The molecule has 2 rings (SSSR count). The summed E-state index contributed by atoms with van der Waals surface area (Å²) in [6, 6.07) is 13.0. The van der Waals surface area contributed by atoms with Gasteiger partial charge in [-0.05, 0) is 35.2 Å². The van der Waals surface area contributed by atoms with Crippen molar-refractivity contribution in [3.63, 3.8) is 0 Å². The Hall–Kier alpha value is -1.67. The van der Waals surface area contributed by atoms with Crippen LogP contribution in [-0.4, -0.2) is 0 Å². The lowest BCUT2D eigenvalue weighted by Gasteiger charge is -2.10. The van der Waals surface area contributed by atoms with Gasteiger partial charge in [0.2, 0.25) is 0 Å². The second-order valence-electron chi connectivity index (χ2n) is 3.77. The van der Waals surface area contributed by atoms with Crippen LogP contribution >= 0.6 is 0 Å². The first-order chi connectivity index (χ1) is 7.74. The van der Waals surface area contributed by atoms with Crippen LogP contribution < -0.4 is 5.73 Å². The van der Waals surface area contributed by atoms with Gasteiger partial charge in [0, 0.05) is 6.54 Å². The molecule has 0 aliphatic rings. The molecule has 2 aromatic carbocycles. The third kappa shape index (κ3) is 1.84. The fourth-order valence-corrected chi connectivity index (χ4v) is 1.86. The van der Waals surface area contributed by atoms with E-state index in [1.165, 1.54) is 6.07 Å². The van der Waals surface area contributed by atoms with Gasteiger partial charge < -0.3 is 5.73 Å². The first-order valence-corrected chi connectivity index (χ1v) is 5.27. The second kappa shape index (κ2) is 4.45. The summed E-state index contributed by atoms with van der Waals surface area (Å²) in [5, 5.41) is 0. The van der Waals surface area contributed by atoms with E-state index in [0.29, 0.717) is 12.1 Å². The molecule has 0 saturated carbocycles. The summed E-state index contributed by atoms with van der Waals surface area (Å²) < 4.78 is 13.5. The van der Waals surface area contributed by atoms with Crippen molar-refractivity contribution in [1.29, 1.82) is 0 Å². The Morgan fingerprint density at radius 1 is 1.00 bits per heavy atom. The van der Waals surface area contributed by atoms with Crippen LogP contribution in [0.25, 0.3) is 11.1 Å². The first kappa shape index (κ1) is 10.8. The molecule has 0 aliphatic heterocycles. The molecular weight excluding hydrogens is 201 g/mol. The molecular formula is C14H14FN. The van der Waals surface area contributed by atoms with Gasteiger partial charge in [-0.15, -0.1) is 0 Å². The van der Waals surface area contributed by atoms with E-state index in [4.69, 9.17) is 5.73 Å². The van der Waals surface area contributed by atoms with Crippen LogP contribution in [0, 0.1) is 12.7 Å². The average Bonchev–Trinajstić information content (AvgIpc) is 2.33. The molecule has 2 heteroatoms. The molecule has 0 amide bonds. The summed E-state index contributed by atoms with van der Waals surface area (Å²) in [5.41, 5.74) is 9.32. The molecule has 0 aromatic heterocycles. The Bertz CT molecular complexity index is 506. The molecule has 0 aliphatic carbocycles. The molecule has 2 aromatic rings. The minimum absolute atomic E-state index is 0.177. The minimum Gasteiger partial charge on any atom is -0.326 e. The minimum atomic E-state index is -0.177. The van der Waals surface area contributed by atoms with Gasteiger partial charge in [0.1, 0.15) is 5.82 Å². The van der Waals surface area contributed by atoms with Gasteiger partial charge >= 0.3 is 0 Å². The highest BCUT2D eigenvalue weighted by atomic mass is 19.1. The third-order valence-electron chi connectivity index (χ3n) is 2.80. The summed E-state index contributed by atoms with van der Waals surface area (Å²) in [6.07, 6.45) is 0. The van der Waals surface area contributed by atoms with E-state index in [-0.39, 0.29) is 5.82 Å². The van der Waals surface area contributed by atoms with E-state index in [0.717, 1.165) is 16.7 Å². The monoisotopic (exact) mass is 215 g/mol. The van der Waals surface area contributed by atoms with E-state index in [1.54, 1.807) is 13.0 Å². The van der Waals surface area contributed by atoms with Crippen molar-refractivity contribution in [2.45, 2.75) is 13.5 Å². The summed E-state index contributed by atoms with van der Waals surface area (Å²) >= 11 is 0. The molecule has 0 heterocycles. The lowest BCUT2D eigenvalue weighted by molar-refractivity contribution is 0.619. The van der Waals surface area contributed by atoms with Crippen LogP contribution in [0.15, 0.2) is 42.5 Å². The maximum absolute atomic E-state index is 13.5. The number of benzene rings is 2. The quantitative estimate of drug-likeness (QED) is 0.817. The molecule has 0 spiro atoms. The molecule has 16 heavy (non-hydrogen) atoms. The van der Waals surface area contributed by atoms with E-state index in [9.17, 15) is 4.39 Å². The zero-order chi connectivity index (χ0) is 11.5. The SMILES string of the molecule is Cc1c(F)cccc1-c1ccccc1CN. The maximum atomic E-state index is 13.5. The van der Waals surface area contributed by atoms with E-state index in [2.05, 4.69) is 0 Å². The molecule has 2 N–H and O–H groups in total. The standard InChI is InChI=1S/C14H14FN/c1-10-12(7-4-8-14(10)15)13-6-3-2-5-11(13)9-16/h2-8H,9,16H2,1H3. The first-order valence-electron chi connectivity index (χ1n) is 5.27. The molecule has 82 valence electrons. The van der Waals surface area contributed by atoms with Crippen LogP contribution in [0.4, 0.5) is 4.39 Å². The van der Waals surface area contributed by atoms with Gasteiger partial charge in [-0.3, -0.25) is 0 Å². The van der Waals surface area contributed by atoms with Crippen molar-refractivity contribution >= 4 is 0 Å². The summed E-state index contributed by atoms with van der Waals surface area (Å²) in [5.74, 6) is -0.177. The maximum Gasteiger partial charge on any atom is 0.126 e. The number of hydrogen-bond donors (Lipinski definition) is 1. The third-order valence-corrected chi connectivity index (χ3v) is 2.80. The molecule has 0 atom stereocenters. The fourth-order valence-electron chi connectivity index (χ4n) is 1.86. The second-order valence-corrected chi connectivity index (χ2v) is 3.77. The van der Waals surface area contributed by atoms with Crippen LogP contribution in [0.3, 0.4) is 0 Å². The zero-order valence-electron chi connectivity index (χ0n) is 9.20. The Morgan fingerprint density at radius 3 is 2.44 bits per heavy atom. The van der Waals surface area contributed by atoms with Gasteiger partial charge in [-0.25, -0.2) is 4.39 Å². The van der Waals surface area contributed by atoms with Crippen molar-refractivity contribution in [2.24, 2.45) is 5.73 Å². The molecule has 1 nitrogen and oxygen atoms in total. The smallest absolute Gasteiger partial charge is 0.126 e. The van der Waals surface area contributed by atoms with Crippen LogP contribution in [0.1, 0.15) is 11.1 Å². The Morgan fingerprint density at radius 2 is 1.69 bits per heavy atom. The number of halogens is 1. The lowest BCUT2D eigenvalue weighted by atomic mass is 9.96. The van der Waals surface area contributed by atoms with E-state index < -0.39 is 0 Å². The van der Waals surface area contributed by atoms with Crippen molar-refractivity contribution in [3.05, 3.63) is 59.4 Å². The van der Waals surface area contributed by atoms with Gasteiger partial charge in [-0.2, -0.15) is 0 Å². The normalized spacial score (nSPS) is 10.4. The van der Waals surface area contributed by atoms with Crippen molar-refractivity contribution in [3.8, 4) is 11.1 Å². The Labute approximate surface area is 94.7 Å². The predicted octanol–water partition coefficient (Wildman–Crippen LogP) is 3.26. The summed E-state index contributed by atoms with van der Waals surface area (Å²) in [6.45, 7) is 2.25. The summed E-state index contributed by atoms with van der Waals surface area (Å²) in [4.78, 5) is 0. The van der Waals surface area contributed by atoms with Crippen molar-refractivity contribution in [1.82, 2.24) is 0 Å². The number of rotatable bonds is 2. The van der Waals surface area contributed by atoms with E-state index >= 15 is 0 Å². The molecule has 0 bridgehead atoms. The van der Waals surface area contributed by atoms with Gasteiger partial charge in [0.25, 0.3) is 0 Å². The van der Waals surface area contributed by atoms with Crippen LogP contribution in [0.5, 0.6) is 0 Å². The topological polar surface area (TPSA) is 26.0 Å². The van der Waals surface area contributed by atoms with Crippen molar-refractivity contribution in [2.75, 3.05) is 0 Å². The van der Waals surface area contributed by atoms with Gasteiger partial charge in [0.05, 0.1) is 0 Å². The number of hydrogen-bond acceptors (Lipinski definition) is 1. The molecule has 0 radical (unpaired) electrons. The van der Waals surface area contributed by atoms with Crippen LogP contribution in [0.2, 0.25) is 0 Å². The van der Waals surface area contributed by atoms with Gasteiger partial charge in [-0.1, -0.05) is 36.4 Å². The van der Waals surface area contributed by atoms with Gasteiger partial charge in [0.15, 0.2) is 0 Å². The molecule has 0 saturated heterocycles. The molecule has 0 unspecified atom stereocenters. The van der Waals surface area contributed by atoms with Crippen LogP contribution in [-0.2, 0) is 6.54 Å². The van der Waals surface area contributed by atoms with E-state index in [1.807, 2.05) is 30.3 Å². The zero-order valence-corrected chi connectivity index (χ0v) is 9.20. The Balaban J connectivity index is 2.63. The number of nitrogens with two attached hydrogens (primary N) is 1. The highest BCUT2D eigenvalue weighted by molar-refractivity contribution is 5.70. The van der Waals surface area contributed by atoms with Crippen molar-refractivity contribution < 1.29 is 4.39 Å².